The van der Waals surface area contributed by atoms with E-state index in [9.17, 15) is 4.79 Å². The van der Waals surface area contributed by atoms with Gasteiger partial charge in [0.25, 0.3) is 0 Å². The second-order valence-electron chi connectivity index (χ2n) is 2.75. The van der Waals surface area contributed by atoms with Crippen molar-refractivity contribution in [2.24, 2.45) is 0 Å². The third kappa shape index (κ3) is 2.89. The van der Waals surface area contributed by atoms with E-state index in [1.807, 2.05) is 0 Å². The summed E-state index contributed by atoms with van der Waals surface area (Å²) in [5.74, 6) is -0.210. The van der Waals surface area contributed by atoms with E-state index in [2.05, 4.69) is 6.92 Å². The second kappa shape index (κ2) is 3.72. The predicted molar refractivity (Wildman–Crippen MR) is 40.2 cm³/mol. The molecule has 64 valence electrons. The molecule has 1 rings (SSSR count). The van der Waals surface area contributed by atoms with Crippen LogP contribution in [-0.2, 0) is 14.3 Å². The van der Waals surface area contributed by atoms with Gasteiger partial charge in [0, 0.05) is 13.3 Å². The SMILES string of the molecule is CC[C@H]1O[C@H]1CCOC(C)=O. The van der Waals surface area contributed by atoms with Crippen molar-refractivity contribution in [3.63, 3.8) is 0 Å². The molecule has 3 heteroatoms. The number of rotatable bonds is 4. The fraction of sp³-hybridized carbons (Fsp3) is 0.875. The van der Waals surface area contributed by atoms with Crippen molar-refractivity contribution < 1.29 is 14.3 Å². The van der Waals surface area contributed by atoms with E-state index in [1.54, 1.807) is 0 Å². The lowest BCUT2D eigenvalue weighted by atomic mass is 10.2. The summed E-state index contributed by atoms with van der Waals surface area (Å²) >= 11 is 0. The maximum absolute atomic E-state index is 10.3. The molecule has 0 unspecified atom stereocenters. The Morgan fingerprint density at radius 3 is 2.73 bits per heavy atom. The van der Waals surface area contributed by atoms with Crippen molar-refractivity contribution in [1.82, 2.24) is 0 Å². The van der Waals surface area contributed by atoms with Crippen molar-refractivity contribution >= 4 is 5.97 Å². The van der Waals surface area contributed by atoms with Gasteiger partial charge in [-0.15, -0.1) is 0 Å². The smallest absolute Gasteiger partial charge is 0.302 e. The topological polar surface area (TPSA) is 38.8 Å². The molecule has 3 nitrogen and oxygen atoms in total. The van der Waals surface area contributed by atoms with E-state index < -0.39 is 0 Å². The lowest BCUT2D eigenvalue weighted by Crippen LogP contribution is -2.04. The predicted octanol–water partition coefficient (Wildman–Crippen LogP) is 1.12. The number of hydrogen-bond acceptors (Lipinski definition) is 3. The molecule has 0 amide bonds. The van der Waals surface area contributed by atoms with Crippen molar-refractivity contribution in [1.29, 1.82) is 0 Å². The highest BCUT2D eigenvalue weighted by atomic mass is 16.6. The fourth-order valence-electron chi connectivity index (χ4n) is 1.11. The standard InChI is InChI=1S/C8H14O3/c1-3-7-8(11-7)4-5-10-6(2)9/h7-8H,3-5H2,1-2H3/t7-,8+/m1/s1. The highest BCUT2D eigenvalue weighted by Gasteiger charge is 2.36. The molecule has 0 aromatic carbocycles. The van der Waals surface area contributed by atoms with Gasteiger partial charge in [-0.25, -0.2) is 0 Å². The molecule has 0 saturated carbocycles. The van der Waals surface area contributed by atoms with Gasteiger partial charge >= 0.3 is 5.97 Å². The van der Waals surface area contributed by atoms with Crippen LogP contribution in [0.1, 0.15) is 26.7 Å². The van der Waals surface area contributed by atoms with Gasteiger partial charge in [-0.05, 0) is 6.42 Å². The minimum Gasteiger partial charge on any atom is -0.466 e. The zero-order chi connectivity index (χ0) is 8.27. The summed E-state index contributed by atoms with van der Waals surface area (Å²) in [6, 6.07) is 0. The Morgan fingerprint density at radius 1 is 1.55 bits per heavy atom. The molecular weight excluding hydrogens is 144 g/mol. The summed E-state index contributed by atoms with van der Waals surface area (Å²) in [6.45, 7) is 4.01. The van der Waals surface area contributed by atoms with Gasteiger partial charge in [-0.3, -0.25) is 4.79 Å². The summed E-state index contributed by atoms with van der Waals surface area (Å²) in [6.07, 6.45) is 2.67. The molecule has 0 radical (unpaired) electrons. The monoisotopic (exact) mass is 158 g/mol. The van der Waals surface area contributed by atoms with Crippen LogP contribution in [0.3, 0.4) is 0 Å². The van der Waals surface area contributed by atoms with E-state index in [1.165, 1.54) is 6.92 Å². The van der Waals surface area contributed by atoms with Crippen molar-refractivity contribution in [2.75, 3.05) is 6.61 Å². The first kappa shape index (κ1) is 8.53. The van der Waals surface area contributed by atoms with Gasteiger partial charge in [0.05, 0.1) is 18.8 Å². The highest BCUT2D eigenvalue weighted by molar-refractivity contribution is 5.65. The lowest BCUT2D eigenvalue weighted by Gasteiger charge is -1.97. The van der Waals surface area contributed by atoms with Crippen molar-refractivity contribution in [2.45, 2.75) is 38.9 Å². The Hall–Kier alpha value is -0.570. The Bertz CT molecular complexity index is 144. The van der Waals surface area contributed by atoms with Crippen LogP contribution in [0.4, 0.5) is 0 Å². The fourth-order valence-corrected chi connectivity index (χ4v) is 1.11. The maximum Gasteiger partial charge on any atom is 0.302 e. The second-order valence-corrected chi connectivity index (χ2v) is 2.75. The number of carbonyl (C=O) groups excluding carboxylic acids is 1. The molecule has 0 spiro atoms. The molecule has 0 aliphatic carbocycles. The summed E-state index contributed by atoms with van der Waals surface area (Å²) in [7, 11) is 0. The molecule has 1 heterocycles. The van der Waals surface area contributed by atoms with Crippen molar-refractivity contribution in [3.8, 4) is 0 Å². The van der Waals surface area contributed by atoms with Gasteiger partial charge in [-0.2, -0.15) is 0 Å². The number of carbonyl (C=O) groups is 1. The number of ether oxygens (including phenoxy) is 2. The Morgan fingerprint density at radius 2 is 2.27 bits per heavy atom. The molecule has 0 bridgehead atoms. The zero-order valence-corrected chi connectivity index (χ0v) is 7.00. The molecular formula is C8H14O3. The largest absolute Gasteiger partial charge is 0.466 e. The van der Waals surface area contributed by atoms with E-state index >= 15 is 0 Å². The number of esters is 1. The minimum absolute atomic E-state index is 0.210. The zero-order valence-electron chi connectivity index (χ0n) is 7.00. The summed E-state index contributed by atoms with van der Waals surface area (Å²) in [5, 5.41) is 0. The normalized spacial score (nSPS) is 28.2. The van der Waals surface area contributed by atoms with Crippen molar-refractivity contribution in [3.05, 3.63) is 0 Å². The molecule has 11 heavy (non-hydrogen) atoms. The Labute approximate surface area is 66.7 Å². The van der Waals surface area contributed by atoms with Crippen LogP contribution in [0.15, 0.2) is 0 Å². The molecule has 0 N–H and O–H groups in total. The van der Waals surface area contributed by atoms with E-state index in [0.717, 1.165) is 12.8 Å². The van der Waals surface area contributed by atoms with E-state index in [0.29, 0.717) is 18.8 Å². The molecule has 1 fully saturated rings. The van der Waals surface area contributed by atoms with Crippen LogP contribution in [-0.4, -0.2) is 24.8 Å². The lowest BCUT2D eigenvalue weighted by molar-refractivity contribution is -0.141. The van der Waals surface area contributed by atoms with Gasteiger partial charge < -0.3 is 9.47 Å². The molecule has 2 atom stereocenters. The van der Waals surface area contributed by atoms with Gasteiger partial charge in [-0.1, -0.05) is 6.92 Å². The van der Waals surface area contributed by atoms with Crippen LogP contribution >= 0.6 is 0 Å². The van der Waals surface area contributed by atoms with Crippen LogP contribution in [0.25, 0.3) is 0 Å². The molecule has 0 aromatic heterocycles. The highest BCUT2D eigenvalue weighted by Crippen LogP contribution is 2.27. The quantitative estimate of drug-likeness (QED) is 0.454. The van der Waals surface area contributed by atoms with Gasteiger partial charge in [0.2, 0.25) is 0 Å². The van der Waals surface area contributed by atoms with E-state index in [-0.39, 0.29) is 5.97 Å². The summed E-state index contributed by atoms with van der Waals surface area (Å²) in [5.41, 5.74) is 0. The average Bonchev–Trinajstić information content (AvgIpc) is 2.66. The maximum atomic E-state index is 10.3. The minimum atomic E-state index is -0.210. The molecule has 0 aromatic rings. The third-order valence-corrected chi connectivity index (χ3v) is 1.80. The molecule has 1 aliphatic rings. The molecule has 1 saturated heterocycles. The summed E-state index contributed by atoms with van der Waals surface area (Å²) < 4.78 is 10.0. The first-order valence-corrected chi connectivity index (χ1v) is 4.03. The van der Waals surface area contributed by atoms with Crippen LogP contribution in [0.2, 0.25) is 0 Å². The Kier molecular flexibility index (Phi) is 2.88. The number of epoxide rings is 1. The first-order valence-electron chi connectivity index (χ1n) is 4.03. The van der Waals surface area contributed by atoms with Crippen LogP contribution in [0, 0.1) is 0 Å². The van der Waals surface area contributed by atoms with Gasteiger partial charge in [0.15, 0.2) is 0 Å². The van der Waals surface area contributed by atoms with Gasteiger partial charge in [0.1, 0.15) is 0 Å². The average molecular weight is 158 g/mol. The Balaban J connectivity index is 1.93. The van der Waals surface area contributed by atoms with Crippen LogP contribution in [0.5, 0.6) is 0 Å². The third-order valence-electron chi connectivity index (χ3n) is 1.80. The van der Waals surface area contributed by atoms with E-state index in [4.69, 9.17) is 9.47 Å². The number of hydrogen-bond donors (Lipinski definition) is 0. The van der Waals surface area contributed by atoms with Crippen LogP contribution < -0.4 is 0 Å². The summed E-state index contributed by atoms with van der Waals surface area (Å²) in [4.78, 5) is 10.3. The first-order chi connectivity index (χ1) is 5.24. The molecule has 1 aliphatic heterocycles.